The van der Waals surface area contributed by atoms with E-state index in [1.807, 2.05) is 60.7 Å². The SMILES string of the molecule is NCCC(c1cccc(F)c1)c1cc(F)cc(F)c1.NCCC(c1cccc(F)c1)c1cccc(F)c1.NCCC(c1cccc(F)c1)c1cccc(F)c1.NCCC(c1cccc(F)c1)c1cccc(F)c1.NCCC1c2cc(F)ccc2CCc2ccc(F)cc21.NCCC1c2cccc(F)c2CCc2c(F)cccc21. The van der Waals surface area contributed by atoms with Crippen molar-refractivity contribution in [1.29, 1.82) is 0 Å². The van der Waals surface area contributed by atoms with Crippen molar-refractivity contribution < 1.29 is 57.1 Å². The van der Waals surface area contributed by atoms with Crippen LogP contribution in [-0.4, -0.2) is 39.3 Å². The molecule has 12 aromatic carbocycles. The third-order valence-electron chi connectivity index (χ3n) is 20.1. The Bertz CT molecular complexity index is 4520. The van der Waals surface area contributed by atoms with Crippen LogP contribution in [-0.2, 0) is 25.7 Å². The average molecular weight is 1550 g/mol. The Hall–Kier alpha value is -10.5. The maximum absolute atomic E-state index is 14.1. The first kappa shape index (κ1) is 86.5. The van der Waals surface area contributed by atoms with E-state index in [0.717, 1.165) is 85.7 Å². The molecule has 0 amide bonds. The zero-order valence-electron chi connectivity index (χ0n) is 62.5. The van der Waals surface area contributed by atoms with Crippen molar-refractivity contribution in [1.82, 2.24) is 0 Å². The molecule has 0 spiro atoms. The van der Waals surface area contributed by atoms with Gasteiger partial charge in [-0.3, -0.25) is 0 Å². The van der Waals surface area contributed by atoms with Gasteiger partial charge in [-0.05, 0) is 326 Å². The minimum absolute atomic E-state index is 0.0149. The lowest BCUT2D eigenvalue weighted by molar-refractivity contribution is 0.574. The molecule has 0 fully saturated rings. The molecule has 0 bridgehead atoms. The highest BCUT2D eigenvalue weighted by molar-refractivity contribution is 5.48. The largest absolute Gasteiger partial charge is 0.330 e. The van der Waals surface area contributed by atoms with Crippen LogP contribution < -0.4 is 34.4 Å². The van der Waals surface area contributed by atoms with Crippen molar-refractivity contribution >= 4 is 0 Å². The van der Waals surface area contributed by atoms with Gasteiger partial charge in [-0.15, -0.1) is 0 Å². The predicted octanol–water partition coefficient (Wildman–Crippen LogP) is 21.0. The molecule has 0 heterocycles. The fourth-order valence-electron chi connectivity index (χ4n) is 15.0. The average Bonchev–Trinajstić information content (AvgIpc) is 1.67. The topological polar surface area (TPSA) is 156 Å². The third kappa shape index (κ3) is 24.7. The molecule has 113 heavy (non-hydrogen) atoms. The van der Waals surface area contributed by atoms with Gasteiger partial charge >= 0.3 is 0 Å². The predicted molar refractivity (Wildman–Crippen MR) is 425 cm³/mol. The summed E-state index contributed by atoms with van der Waals surface area (Å²) in [6.07, 6.45) is 6.66. The van der Waals surface area contributed by atoms with Gasteiger partial charge in [-0.2, -0.15) is 0 Å². The van der Waals surface area contributed by atoms with Gasteiger partial charge in [-0.1, -0.05) is 121 Å². The van der Waals surface area contributed by atoms with Crippen LogP contribution in [0.25, 0.3) is 0 Å². The van der Waals surface area contributed by atoms with E-state index < -0.39 is 11.6 Å². The van der Waals surface area contributed by atoms with Gasteiger partial charge in [0.1, 0.15) is 75.6 Å². The monoisotopic (exact) mass is 1550 g/mol. The van der Waals surface area contributed by atoms with E-state index >= 15 is 0 Å². The number of nitrogens with two attached hydrogens (primary N) is 6. The molecule has 12 aromatic rings. The molecular formula is C94H93F13N6. The van der Waals surface area contributed by atoms with E-state index in [2.05, 4.69) is 0 Å². The molecule has 1 atom stereocenters. The van der Waals surface area contributed by atoms with E-state index in [4.69, 9.17) is 34.4 Å². The first-order valence-corrected chi connectivity index (χ1v) is 37.7. The number of hydrogen-bond donors (Lipinski definition) is 6. The summed E-state index contributed by atoms with van der Waals surface area (Å²) in [7, 11) is 0. The van der Waals surface area contributed by atoms with Crippen LogP contribution >= 0.6 is 0 Å². The Morgan fingerprint density at radius 2 is 0.460 bits per heavy atom. The lowest BCUT2D eigenvalue weighted by Crippen LogP contribution is -2.11. The number of fused-ring (bicyclic) bond motifs is 4. The van der Waals surface area contributed by atoms with E-state index in [9.17, 15) is 57.1 Å². The molecule has 0 saturated carbocycles. The molecular weight excluding hydrogens is 1460 g/mol. The van der Waals surface area contributed by atoms with Gasteiger partial charge in [-0.25, -0.2) is 57.1 Å². The number of aryl methyl sites for hydroxylation is 2. The minimum Gasteiger partial charge on any atom is -0.330 e. The third-order valence-corrected chi connectivity index (χ3v) is 20.1. The van der Waals surface area contributed by atoms with Crippen molar-refractivity contribution in [2.24, 2.45) is 34.4 Å². The van der Waals surface area contributed by atoms with E-state index in [1.165, 1.54) is 121 Å². The molecule has 1 unspecified atom stereocenters. The zero-order chi connectivity index (χ0) is 80.9. The Morgan fingerprint density at radius 3 is 0.717 bits per heavy atom. The molecule has 19 heteroatoms. The molecule has 14 rings (SSSR count). The standard InChI is InChI=1S/2C17H17F2N.C15H14F3N.3C15H15F2N/c18-16-5-1-3-11-13(9-10-20)12-4-2-6-17(19)15(12)8-7-14(11)16;18-13-5-3-11-1-2-12-4-6-14(19)10-17(12)15(7-8-20)16(11)9-13;16-12-3-1-2-10(6-12)15(4-5-19)11-7-13(17)9-14(18)8-11;3*16-13-5-1-3-11(9-13)15(7-8-18)12-4-2-6-14(17)10-12/h1-6,13H,7-10,20H2;3-6,9-10,15H,1-2,7-8,20H2;1-3,6-9,15H,4-5,19H2;3*1-6,9-10,15H,7-8,18H2. The highest BCUT2D eigenvalue weighted by Crippen LogP contribution is 2.41. The van der Waals surface area contributed by atoms with Crippen molar-refractivity contribution in [3.63, 3.8) is 0 Å². The summed E-state index contributed by atoms with van der Waals surface area (Å²) in [5.74, 6) is -4.82. The van der Waals surface area contributed by atoms with Crippen molar-refractivity contribution in [3.05, 3.63) is 425 Å². The molecule has 590 valence electrons. The quantitative estimate of drug-likeness (QED) is 0.0417. The Kier molecular flexibility index (Phi) is 33.3. The summed E-state index contributed by atoms with van der Waals surface area (Å²) in [6.45, 7) is 2.75. The van der Waals surface area contributed by atoms with E-state index in [1.54, 1.807) is 72.8 Å². The van der Waals surface area contributed by atoms with E-state index in [-0.39, 0.29) is 99.5 Å². The van der Waals surface area contributed by atoms with Crippen LogP contribution in [0.15, 0.2) is 261 Å². The molecule has 0 aromatic heterocycles. The highest BCUT2D eigenvalue weighted by atomic mass is 19.2. The molecule has 6 nitrogen and oxygen atoms in total. The molecule has 0 radical (unpaired) electrons. The summed E-state index contributed by atoms with van der Waals surface area (Å²) in [5.41, 5.74) is 47.4. The van der Waals surface area contributed by atoms with E-state index in [0.29, 0.717) is 113 Å². The molecule has 0 saturated heterocycles. The summed E-state index contributed by atoms with van der Waals surface area (Å²) in [6, 6.07) is 67.7. The van der Waals surface area contributed by atoms with Crippen molar-refractivity contribution in [2.45, 2.75) is 99.7 Å². The van der Waals surface area contributed by atoms with Crippen LogP contribution in [0.2, 0.25) is 0 Å². The summed E-state index contributed by atoms with van der Waals surface area (Å²) in [5, 5.41) is 0. The zero-order valence-corrected chi connectivity index (χ0v) is 62.5. The fraction of sp³-hybridized carbons (Fsp3) is 0.234. The molecule has 12 N–H and O–H groups in total. The summed E-state index contributed by atoms with van der Waals surface area (Å²) in [4.78, 5) is 0. The number of benzene rings is 12. The maximum atomic E-state index is 14.1. The fourth-order valence-corrected chi connectivity index (χ4v) is 15.0. The summed E-state index contributed by atoms with van der Waals surface area (Å²) < 4.78 is 175. The second kappa shape index (κ2) is 43.5. The second-order valence-electron chi connectivity index (χ2n) is 27.7. The van der Waals surface area contributed by atoms with Crippen LogP contribution in [0.5, 0.6) is 0 Å². The molecule has 2 aliphatic rings. The number of rotatable bonds is 20. The Balaban J connectivity index is 0.000000156. The van der Waals surface area contributed by atoms with Gasteiger partial charge in [0.25, 0.3) is 0 Å². The van der Waals surface area contributed by atoms with Gasteiger partial charge in [0.15, 0.2) is 0 Å². The Labute approximate surface area is 652 Å². The lowest BCUT2D eigenvalue weighted by atomic mass is 9.85. The van der Waals surface area contributed by atoms with Gasteiger partial charge in [0.2, 0.25) is 0 Å². The first-order chi connectivity index (χ1) is 54.6. The van der Waals surface area contributed by atoms with Gasteiger partial charge in [0, 0.05) is 41.6 Å². The van der Waals surface area contributed by atoms with Crippen LogP contribution in [0.4, 0.5) is 57.1 Å². The number of hydrogen-bond acceptors (Lipinski definition) is 6. The maximum Gasteiger partial charge on any atom is 0.126 e. The molecule has 2 aliphatic carbocycles. The van der Waals surface area contributed by atoms with Gasteiger partial charge < -0.3 is 34.4 Å². The normalized spacial score (nSPS) is 12.4. The van der Waals surface area contributed by atoms with Crippen molar-refractivity contribution in [3.8, 4) is 0 Å². The first-order valence-electron chi connectivity index (χ1n) is 37.7. The lowest BCUT2D eigenvalue weighted by Gasteiger charge is -2.20. The Morgan fingerprint density at radius 1 is 0.221 bits per heavy atom. The molecule has 0 aliphatic heterocycles. The second-order valence-corrected chi connectivity index (χ2v) is 27.7. The highest BCUT2D eigenvalue weighted by Gasteiger charge is 2.28. The van der Waals surface area contributed by atoms with Crippen LogP contribution in [0.1, 0.15) is 163 Å². The van der Waals surface area contributed by atoms with Crippen LogP contribution in [0, 0.1) is 75.6 Å². The number of halogens is 13. The summed E-state index contributed by atoms with van der Waals surface area (Å²) >= 11 is 0. The minimum atomic E-state index is -0.645. The van der Waals surface area contributed by atoms with Crippen LogP contribution in [0.3, 0.4) is 0 Å². The van der Waals surface area contributed by atoms with Gasteiger partial charge in [0.05, 0.1) is 0 Å². The smallest absolute Gasteiger partial charge is 0.126 e. The van der Waals surface area contributed by atoms with Crippen molar-refractivity contribution in [2.75, 3.05) is 39.3 Å².